The monoisotopic (exact) mass is 314 g/mol. The topological polar surface area (TPSA) is 32.3 Å². The summed E-state index contributed by atoms with van der Waals surface area (Å²) in [5.41, 5.74) is 1.91. The number of hydrogen-bond acceptors (Lipinski definition) is 2. The molecule has 0 spiro atoms. The van der Waals surface area contributed by atoms with Crippen molar-refractivity contribution < 1.29 is 9.18 Å². The molecule has 0 fully saturated rings. The molecule has 2 aromatic rings. The van der Waals surface area contributed by atoms with E-state index in [1.54, 1.807) is 12.1 Å². The minimum atomic E-state index is -0.272. The van der Waals surface area contributed by atoms with Gasteiger partial charge in [-0.1, -0.05) is 44.2 Å². The molecule has 0 bridgehead atoms. The van der Waals surface area contributed by atoms with Gasteiger partial charge in [0.15, 0.2) is 0 Å². The Morgan fingerprint density at radius 1 is 1.09 bits per heavy atom. The molecule has 0 aliphatic rings. The maximum atomic E-state index is 13.1. The molecule has 0 saturated heterocycles. The predicted octanol–water partition coefficient (Wildman–Crippen LogP) is 3.78. The van der Waals surface area contributed by atoms with Crippen LogP contribution in [-0.4, -0.2) is 19.5 Å². The molecule has 2 rings (SSSR count). The van der Waals surface area contributed by atoms with Crippen LogP contribution in [0.4, 0.5) is 10.1 Å². The maximum Gasteiger partial charge on any atom is 0.239 e. The molecule has 122 valence electrons. The number of benzene rings is 2. The summed E-state index contributed by atoms with van der Waals surface area (Å²) < 4.78 is 13.1. The van der Waals surface area contributed by atoms with E-state index in [9.17, 15) is 9.18 Å². The van der Waals surface area contributed by atoms with Gasteiger partial charge in [-0.2, -0.15) is 0 Å². The first kappa shape index (κ1) is 17.0. The molecule has 4 heteroatoms. The van der Waals surface area contributed by atoms with Gasteiger partial charge in [-0.15, -0.1) is 0 Å². The van der Waals surface area contributed by atoms with Crippen LogP contribution < -0.4 is 10.2 Å². The lowest BCUT2D eigenvalue weighted by atomic mass is 9.96. The molecule has 0 aromatic heterocycles. The summed E-state index contributed by atoms with van der Waals surface area (Å²) in [5.74, 6) is -0.114. The van der Waals surface area contributed by atoms with E-state index >= 15 is 0 Å². The number of anilines is 1. The van der Waals surface area contributed by atoms with E-state index in [0.29, 0.717) is 0 Å². The normalized spacial score (nSPS) is 12.0. The highest BCUT2D eigenvalue weighted by Gasteiger charge is 2.19. The van der Waals surface area contributed by atoms with Crippen molar-refractivity contribution in [1.82, 2.24) is 5.32 Å². The van der Waals surface area contributed by atoms with E-state index < -0.39 is 0 Å². The quantitative estimate of drug-likeness (QED) is 0.880. The molecule has 2 aromatic carbocycles. The molecule has 1 unspecified atom stereocenters. The second-order valence-corrected chi connectivity index (χ2v) is 6.03. The molecule has 1 amide bonds. The third-order valence-electron chi connectivity index (χ3n) is 3.79. The number of nitrogens with one attached hydrogen (secondary N) is 1. The van der Waals surface area contributed by atoms with Crippen LogP contribution >= 0.6 is 0 Å². The average Bonchev–Trinajstić information content (AvgIpc) is 2.54. The lowest BCUT2D eigenvalue weighted by molar-refractivity contribution is -0.120. The minimum absolute atomic E-state index is 0.0561. The van der Waals surface area contributed by atoms with E-state index in [0.717, 1.165) is 11.3 Å². The van der Waals surface area contributed by atoms with Crippen molar-refractivity contribution in [1.29, 1.82) is 0 Å². The first-order chi connectivity index (χ1) is 11.0. The summed E-state index contributed by atoms with van der Waals surface area (Å²) in [4.78, 5) is 14.3. The van der Waals surface area contributed by atoms with E-state index in [-0.39, 0.29) is 30.2 Å². The number of likely N-dealkylation sites (N-methyl/N-ethyl adjacent to an activating group) is 1. The fourth-order valence-corrected chi connectivity index (χ4v) is 2.51. The number of carbonyl (C=O) groups is 1. The summed E-state index contributed by atoms with van der Waals surface area (Å²) in [6, 6.07) is 15.9. The van der Waals surface area contributed by atoms with Gasteiger partial charge in [-0.25, -0.2) is 4.39 Å². The Hall–Kier alpha value is -2.36. The highest BCUT2D eigenvalue weighted by molar-refractivity contribution is 5.81. The summed E-state index contributed by atoms with van der Waals surface area (Å²) >= 11 is 0. The van der Waals surface area contributed by atoms with Crippen LogP contribution in [0.2, 0.25) is 0 Å². The van der Waals surface area contributed by atoms with Gasteiger partial charge in [0.2, 0.25) is 5.91 Å². The second-order valence-electron chi connectivity index (χ2n) is 6.03. The molecule has 0 saturated carbocycles. The van der Waals surface area contributed by atoms with Crippen LogP contribution in [0.15, 0.2) is 54.6 Å². The molecular weight excluding hydrogens is 291 g/mol. The molecule has 0 aliphatic carbocycles. The molecule has 0 heterocycles. The molecular formula is C19H23FN2O. The van der Waals surface area contributed by atoms with Crippen molar-refractivity contribution >= 4 is 11.6 Å². The van der Waals surface area contributed by atoms with E-state index in [4.69, 9.17) is 0 Å². The summed E-state index contributed by atoms with van der Waals surface area (Å²) in [6.45, 7) is 4.35. The fraction of sp³-hybridized carbons (Fsp3) is 0.316. The van der Waals surface area contributed by atoms with Gasteiger partial charge in [0.05, 0.1) is 12.6 Å². The van der Waals surface area contributed by atoms with Gasteiger partial charge in [0.25, 0.3) is 0 Å². The Labute approximate surface area is 137 Å². The van der Waals surface area contributed by atoms with Crippen LogP contribution in [0.25, 0.3) is 0 Å². The Kier molecular flexibility index (Phi) is 5.74. The van der Waals surface area contributed by atoms with Crippen LogP contribution in [0.1, 0.15) is 25.5 Å². The smallest absolute Gasteiger partial charge is 0.239 e. The van der Waals surface area contributed by atoms with Gasteiger partial charge >= 0.3 is 0 Å². The van der Waals surface area contributed by atoms with Crippen LogP contribution in [0.5, 0.6) is 0 Å². The van der Waals surface area contributed by atoms with Gasteiger partial charge in [0.1, 0.15) is 5.82 Å². The largest absolute Gasteiger partial charge is 0.365 e. The SMILES string of the molecule is CC(C)C(NC(=O)CN(C)c1ccccc1)c1ccc(F)cc1. The number of amides is 1. The first-order valence-electron chi connectivity index (χ1n) is 7.78. The molecule has 0 aliphatic heterocycles. The number of carbonyl (C=O) groups excluding carboxylic acids is 1. The Morgan fingerprint density at radius 2 is 1.70 bits per heavy atom. The maximum absolute atomic E-state index is 13.1. The van der Waals surface area contributed by atoms with E-state index in [1.807, 2.05) is 56.1 Å². The van der Waals surface area contributed by atoms with Crippen molar-refractivity contribution in [3.8, 4) is 0 Å². The molecule has 1 atom stereocenters. The van der Waals surface area contributed by atoms with Crippen molar-refractivity contribution in [2.45, 2.75) is 19.9 Å². The van der Waals surface area contributed by atoms with Crippen molar-refractivity contribution in [2.75, 3.05) is 18.5 Å². The van der Waals surface area contributed by atoms with Crippen LogP contribution in [-0.2, 0) is 4.79 Å². The van der Waals surface area contributed by atoms with Gasteiger partial charge in [0, 0.05) is 12.7 Å². The van der Waals surface area contributed by atoms with Gasteiger partial charge in [-0.3, -0.25) is 4.79 Å². The number of nitrogens with zero attached hydrogens (tertiary/aromatic N) is 1. The van der Waals surface area contributed by atoms with Gasteiger partial charge < -0.3 is 10.2 Å². The molecule has 23 heavy (non-hydrogen) atoms. The number of halogens is 1. The zero-order chi connectivity index (χ0) is 16.8. The Morgan fingerprint density at radius 3 is 2.26 bits per heavy atom. The van der Waals surface area contributed by atoms with Gasteiger partial charge in [-0.05, 0) is 35.7 Å². The molecule has 3 nitrogen and oxygen atoms in total. The summed E-state index contributed by atoms with van der Waals surface area (Å²) in [7, 11) is 1.89. The lowest BCUT2D eigenvalue weighted by Gasteiger charge is -2.25. The van der Waals surface area contributed by atoms with Crippen molar-refractivity contribution in [3.05, 3.63) is 66.0 Å². The average molecular weight is 314 g/mol. The summed E-state index contributed by atoms with van der Waals surface area (Å²) in [5, 5.41) is 3.05. The highest BCUT2D eigenvalue weighted by atomic mass is 19.1. The predicted molar refractivity (Wildman–Crippen MR) is 91.8 cm³/mol. The third-order valence-corrected chi connectivity index (χ3v) is 3.79. The number of hydrogen-bond donors (Lipinski definition) is 1. The van der Waals surface area contributed by atoms with Crippen LogP contribution in [0, 0.1) is 11.7 Å². The zero-order valence-corrected chi connectivity index (χ0v) is 13.8. The lowest BCUT2D eigenvalue weighted by Crippen LogP contribution is -2.39. The van der Waals surface area contributed by atoms with E-state index in [1.165, 1.54) is 12.1 Å². The highest BCUT2D eigenvalue weighted by Crippen LogP contribution is 2.22. The zero-order valence-electron chi connectivity index (χ0n) is 13.8. The second kappa shape index (κ2) is 7.77. The van der Waals surface area contributed by atoms with Crippen molar-refractivity contribution in [2.24, 2.45) is 5.92 Å². The number of para-hydroxylation sites is 1. The Bertz CT molecular complexity index is 626. The first-order valence-corrected chi connectivity index (χ1v) is 7.78. The van der Waals surface area contributed by atoms with E-state index in [2.05, 4.69) is 5.32 Å². The standard InChI is InChI=1S/C19H23FN2O/c1-14(2)19(15-9-11-16(20)12-10-15)21-18(23)13-22(3)17-7-5-4-6-8-17/h4-12,14,19H,13H2,1-3H3,(H,21,23). The Balaban J connectivity index is 2.02. The summed E-state index contributed by atoms with van der Waals surface area (Å²) in [6.07, 6.45) is 0. The minimum Gasteiger partial charge on any atom is -0.365 e. The third kappa shape index (κ3) is 4.81. The van der Waals surface area contributed by atoms with Crippen molar-refractivity contribution in [3.63, 3.8) is 0 Å². The fourth-order valence-electron chi connectivity index (χ4n) is 2.51. The molecule has 1 N–H and O–H groups in total. The molecule has 0 radical (unpaired) electrons. The number of rotatable bonds is 6. The van der Waals surface area contributed by atoms with Crippen LogP contribution in [0.3, 0.4) is 0 Å².